The average molecular weight is 345 g/mol. The minimum Gasteiger partial charge on any atom is -0.339 e. The molecule has 3 aliphatic rings. The molecule has 1 aromatic carbocycles. The molecule has 2 aliphatic carbocycles. The van der Waals surface area contributed by atoms with Gasteiger partial charge in [-0.3, -0.25) is 4.79 Å². The zero-order chi connectivity index (χ0) is 17.4. The van der Waals surface area contributed by atoms with Gasteiger partial charge in [0.1, 0.15) is 5.82 Å². The second-order valence-corrected chi connectivity index (χ2v) is 7.32. The van der Waals surface area contributed by atoms with Crippen LogP contribution in [-0.4, -0.2) is 47.9 Å². The third-order valence-electron chi connectivity index (χ3n) is 5.82. The Morgan fingerprint density at radius 2 is 1.76 bits per heavy atom. The molecule has 25 heavy (non-hydrogen) atoms. The molecule has 2 fully saturated rings. The second kappa shape index (κ2) is 6.65. The van der Waals surface area contributed by atoms with E-state index >= 15 is 0 Å². The summed E-state index contributed by atoms with van der Waals surface area (Å²) < 4.78 is 13.5. The summed E-state index contributed by atoms with van der Waals surface area (Å²) in [5.74, 6) is 0.208. The Labute approximate surface area is 147 Å². The van der Waals surface area contributed by atoms with Crippen LogP contribution in [0.4, 0.5) is 9.18 Å². The molecule has 1 saturated heterocycles. The standard InChI is InChI=1S/C19H24FN3O2/c20-15-6-4-13-5-7-17(16(13)12-15)21-19(25)23-10-8-22(9-11-23)18(24)14-2-1-3-14/h4,6,12,14,17H,1-3,5,7-11H2,(H,21,25)/t17-/m1/s1. The highest BCUT2D eigenvalue weighted by molar-refractivity contribution is 5.80. The van der Waals surface area contributed by atoms with Crippen LogP contribution in [0, 0.1) is 11.7 Å². The van der Waals surface area contributed by atoms with Crippen LogP contribution in [0.5, 0.6) is 0 Å². The molecule has 3 amide bonds. The Morgan fingerprint density at radius 1 is 1.04 bits per heavy atom. The van der Waals surface area contributed by atoms with E-state index in [0.717, 1.165) is 43.2 Å². The van der Waals surface area contributed by atoms with Gasteiger partial charge in [0.25, 0.3) is 0 Å². The van der Waals surface area contributed by atoms with Gasteiger partial charge in [-0.15, -0.1) is 0 Å². The molecule has 1 saturated carbocycles. The van der Waals surface area contributed by atoms with Crippen molar-refractivity contribution in [1.29, 1.82) is 0 Å². The van der Waals surface area contributed by atoms with Gasteiger partial charge in [-0.1, -0.05) is 12.5 Å². The third kappa shape index (κ3) is 3.22. The molecular formula is C19H24FN3O2. The Kier molecular flexibility index (Phi) is 4.36. The van der Waals surface area contributed by atoms with E-state index in [-0.39, 0.29) is 29.7 Å². The van der Waals surface area contributed by atoms with Gasteiger partial charge in [0.2, 0.25) is 5.91 Å². The van der Waals surface area contributed by atoms with Crippen LogP contribution in [0.25, 0.3) is 0 Å². The molecule has 0 radical (unpaired) electrons. The lowest BCUT2D eigenvalue weighted by atomic mass is 9.84. The highest BCUT2D eigenvalue weighted by atomic mass is 19.1. The van der Waals surface area contributed by atoms with Gasteiger partial charge < -0.3 is 15.1 Å². The lowest BCUT2D eigenvalue weighted by molar-refractivity contribution is -0.139. The molecule has 6 heteroatoms. The smallest absolute Gasteiger partial charge is 0.318 e. The summed E-state index contributed by atoms with van der Waals surface area (Å²) in [4.78, 5) is 28.5. The maximum Gasteiger partial charge on any atom is 0.318 e. The molecule has 0 unspecified atom stereocenters. The summed E-state index contributed by atoms with van der Waals surface area (Å²) in [7, 11) is 0. The van der Waals surface area contributed by atoms with Crippen molar-refractivity contribution in [3.05, 3.63) is 35.1 Å². The Balaban J connectivity index is 1.31. The molecular weight excluding hydrogens is 321 g/mol. The van der Waals surface area contributed by atoms with Crippen LogP contribution in [0.15, 0.2) is 18.2 Å². The number of amides is 3. The van der Waals surface area contributed by atoms with Crippen LogP contribution in [0.3, 0.4) is 0 Å². The first-order chi connectivity index (χ1) is 12.1. The minimum atomic E-state index is -0.261. The molecule has 4 rings (SSSR count). The van der Waals surface area contributed by atoms with Gasteiger partial charge in [0, 0.05) is 32.1 Å². The van der Waals surface area contributed by atoms with Gasteiger partial charge in [0.05, 0.1) is 6.04 Å². The molecule has 1 aromatic rings. The highest BCUT2D eigenvalue weighted by Gasteiger charge is 2.33. The molecule has 0 spiro atoms. The minimum absolute atomic E-state index is 0.113. The SMILES string of the molecule is O=C(N[C@@H]1CCc2ccc(F)cc21)N1CCN(C(=O)C2CCC2)CC1. The second-order valence-electron chi connectivity index (χ2n) is 7.32. The number of halogens is 1. The maximum atomic E-state index is 13.5. The van der Waals surface area contributed by atoms with Crippen LogP contribution in [-0.2, 0) is 11.2 Å². The topological polar surface area (TPSA) is 52.7 Å². The number of rotatable bonds is 2. The summed E-state index contributed by atoms with van der Waals surface area (Å²) in [6, 6.07) is 4.58. The van der Waals surface area contributed by atoms with Crippen LogP contribution in [0.1, 0.15) is 42.9 Å². The summed E-state index contributed by atoms with van der Waals surface area (Å²) in [5, 5.41) is 3.04. The normalized spacial score (nSPS) is 23.2. The number of piperazine rings is 1. The number of benzene rings is 1. The number of nitrogens with one attached hydrogen (secondary N) is 1. The van der Waals surface area contributed by atoms with Crippen molar-refractivity contribution in [1.82, 2.24) is 15.1 Å². The van der Waals surface area contributed by atoms with Crippen molar-refractivity contribution in [3.63, 3.8) is 0 Å². The van der Waals surface area contributed by atoms with E-state index in [4.69, 9.17) is 0 Å². The lowest BCUT2D eigenvalue weighted by Crippen LogP contribution is -2.54. The van der Waals surface area contributed by atoms with Crippen LogP contribution in [0.2, 0.25) is 0 Å². The number of aryl methyl sites for hydroxylation is 1. The number of hydrogen-bond acceptors (Lipinski definition) is 2. The molecule has 0 bridgehead atoms. The number of hydrogen-bond donors (Lipinski definition) is 1. The fourth-order valence-electron chi connectivity index (χ4n) is 4.01. The zero-order valence-electron chi connectivity index (χ0n) is 14.3. The summed E-state index contributed by atoms with van der Waals surface area (Å²) >= 11 is 0. The molecule has 5 nitrogen and oxygen atoms in total. The van der Waals surface area contributed by atoms with E-state index in [9.17, 15) is 14.0 Å². The predicted molar refractivity (Wildman–Crippen MR) is 91.5 cm³/mol. The average Bonchev–Trinajstić information content (AvgIpc) is 2.95. The largest absolute Gasteiger partial charge is 0.339 e. The number of carbonyl (C=O) groups is 2. The Bertz CT molecular complexity index is 681. The van der Waals surface area contributed by atoms with E-state index < -0.39 is 0 Å². The number of fused-ring (bicyclic) bond motifs is 1. The monoisotopic (exact) mass is 345 g/mol. The summed E-state index contributed by atoms with van der Waals surface area (Å²) in [5.41, 5.74) is 2.01. The van der Waals surface area contributed by atoms with E-state index in [1.54, 1.807) is 4.90 Å². The molecule has 1 N–H and O–H groups in total. The fraction of sp³-hybridized carbons (Fsp3) is 0.579. The molecule has 134 valence electrons. The van der Waals surface area contributed by atoms with E-state index in [2.05, 4.69) is 5.32 Å². The molecule has 1 heterocycles. The Morgan fingerprint density at radius 3 is 2.44 bits per heavy atom. The zero-order valence-corrected chi connectivity index (χ0v) is 14.3. The van der Waals surface area contributed by atoms with Crippen LogP contribution >= 0.6 is 0 Å². The van der Waals surface area contributed by atoms with Gasteiger partial charge >= 0.3 is 6.03 Å². The maximum absolute atomic E-state index is 13.5. The van der Waals surface area contributed by atoms with Crippen LogP contribution < -0.4 is 5.32 Å². The Hall–Kier alpha value is -2.11. The van der Waals surface area contributed by atoms with Gasteiger partial charge in [-0.05, 0) is 48.9 Å². The highest BCUT2D eigenvalue weighted by Crippen LogP contribution is 2.32. The number of nitrogens with zero attached hydrogens (tertiary/aromatic N) is 2. The lowest BCUT2D eigenvalue weighted by Gasteiger charge is -2.38. The van der Waals surface area contributed by atoms with Crippen molar-refractivity contribution >= 4 is 11.9 Å². The van der Waals surface area contributed by atoms with E-state index in [1.807, 2.05) is 11.0 Å². The van der Waals surface area contributed by atoms with Crippen molar-refractivity contribution in [3.8, 4) is 0 Å². The third-order valence-corrected chi connectivity index (χ3v) is 5.82. The first kappa shape index (κ1) is 16.4. The van der Waals surface area contributed by atoms with Gasteiger partial charge in [-0.25, -0.2) is 9.18 Å². The first-order valence-corrected chi connectivity index (χ1v) is 9.24. The predicted octanol–water partition coefficient (Wildman–Crippen LogP) is 2.47. The quantitative estimate of drug-likeness (QED) is 0.895. The summed E-state index contributed by atoms with van der Waals surface area (Å²) in [6.07, 6.45) is 4.85. The number of urea groups is 1. The molecule has 1 aliphatic heterocycles. The fourth-order valence-corrected chi connectivity index (χ4v) is 4.01. The van der Waals surface area contributed by atoms with E-state index in [0.29, 0.717) is 26.2 Å². The first-order valence-electron chi connectivity index (χ1n) is 9.24. The van der Waals surface area contributed by atoms with E-state index in [1.165, 1.54) is 12.1 Å². The summed E-state index contributed by atoms with van der Waals surface area (Å²) in [6.45, 7) is 2.34. The van der Waals surface area contributed by atoms with Gasteiger partial charge in [-0.2, -0.15) is 0 Å². The van der Waals surface area contributed by atoms with Crippen molar-refractivity contribution in [2.24, 2.45) is 5.92 Å². The van der Waals surface area contributed by atoms with Gasteiger partial charge in [0.15, 0.2) is 0 Å². The molecule has 1 atom stereocenters. The van der Waals surface area contributed by atoms with Crippen molar-refractivity contribution in [2.45, 2.75) is 38.1 Å². The van der Waals surface area contributed by atoms with Crippen molar-refractivity contribution in [2.75, 3.05) is 26.2 Å². The molecule has 0 aromatic heterocycles. The number of carbonyl (C=O) groups excluding carboxylic acids is 2. The van der Waals surface area contributed by atoms with Crippen molar-refractivity contribution < 1.29 is 14.0 Å².